The topological polar surface area (TPSA) is 104 Å². The molecule has 8 nitrogen and oxygen atoms in total. The van der Waals surface area contributed by atoms with Crippen LogP contribution in [-0.4, -0.2) is 54.5 Å². The molecule has 0 saturated carbocycles. The van der Waals surface area contributed by atoms with Crippen LogP contribution in [0.5, 0.6) is 0 Å². The number of fused-ring (bicyclic) bond motifs is 1. The largest absolute Gasteiger partial charge is 0.355 e. The zero-order chi connectivity index (χ0) is 23.5. The number of benzene rings is 2. The molecule has 0 aliphatic carbocycles. The fourth-order valence-electron chi connectivity index (χ4n) is 3.70. The number of nitrogens with zero attached hydrogens (tertiary/aromatic N) is 2. The highest BCUT2D eigenvalue weighted by Crippen LogP contribution is 2.30. The second kappa shape index (κ2) is 9.52. The standard InChI is InChI=1S/C23H27N3O5S/c1-4-19(22(28)24-5-2)25(14-17-12-10-16(3)11-13-17)21(27)15-26-23(29)18-8-6-7-9-20(18)32(26,30)31/h6-13,19H,4-5,14-15H2,1-3H3,(H,24,28)/t19-/m0/s1. The van der Waals surface area contributed by atoms with Gasteiger partial charge in [0.2, 0.25) is 11.8 Å². The summed E-state index contributed by atoms with van der Waals surface area (Å²) in [7, 11) is -4.13. The van der Waals surface area contributed by atoms with E-state index in [4.69, 9.17) is 0 Å². The summed E-state index contributed by atoms with van der Waals surface area (Å²) in [5.74, 6) is -1.68. The fraction of sp³-hybridized carbons (Fsp3) is 0.348. The van der Waals surface area contributed by atoms with E-state index in [9.17, 15) is 22.8 Å². The van der Waals surface area contributed by atoms with E-state index >= 15 is 0 Å². The second-order valence-electron chi connectivity index (χ2n) is 7.64. The van der Waals surface area contributed by atoms with Crippen LogP contribution in [0.15, 0.2) is 53.4 Å². The molecule has 32 heavy (non-hydrogen) atoms. The van der Waals surface area contributed by atoms with Crippen LogP contribution in [0.3, 0.4) is 0 Å². The average molecular weight is 458 g/mol. The Kier molecular flexibility index (Phi) is 6.98. The molecule has 1 aliphatic rings. The molecule has 0 unspecified atom stereocenters. The zero-order valence-corrected chi connectivity index (χ0v) is 19.2. The van der Waals surface area contributed by atoms with Gasteiger partial charge in [-0.1, -0.05) is 48.9 Å². The number of hydrogen-bond donors (Lipinski definition) is 1. The Morgan fingerprint density at radius 2 is 1.72 bits per heavy atom. The number of aryl methyl sites for hydroxylation is 1. The number of rotatable bonds is 8. The van der Waals surface area contributed by atoms with E-state index in [0.717, 1.165) is 11.1 Å². The summed E-state index contributed by atoms with van der Waals surface area (Å²) in [5.41, 5.74) is 1.89. The number of nitrogens with one attached hydrogen (secondary N) is 1. The third-order valence-corrected chi connectivity index (χ3v) is 7.19. The minimum Gasteiger partial charge on any atom is -0.355 e. The van der Waals surface area contributed by atoms with Crippen molar-refractivity contribution in [3.8, 4) is 0 Å². The van der Waals surface area contributed by atoms with Gasteiger partial charge in [-0.3, -0.25) is 14.4 Å². The van der Waals surface area contributed by atoms with Crippen LogP contribution in [0.1, 0.15) is 41.8 Å². The average Bonchev–Trinajstić information content (AvgIpc) is 2.96. The Bertz CT molecular complexity index is 1130. The molecule has 0 saturated heterocycles. The zero-order valence-electron chi connectivity index (χ0n) is 18.4. The van der Waals surface area contributed by atoms with Crippen molar-refractivity contribution in [2.45, 2.75) is 44.7 Å². The molecule has 2 aromatic rings. The minimum absolute atomic E-state index is 0.0427. The highest BCUT2D eigenvalue weighted by atomic mass is 32.2. The first-order valence-electron chi connectivity index (χ1n) is 10.5. The maximum atomic E-state index is 13.4. The first kappa shape index (κ1) is 23.5. The minimum atomic E-state index is -4.13. The Morgan fingerprint density at radius 1 is 1.06 bits per heavy atom. The molecule has 1 heterocycles. The summed E-state index contributed by atoms with van der Waals surface area (Å²) < 4.78 is 26.3. The predicted molar refractivity (Wildman–Crippen MR) is 119 cm³/mol. The lowest BCUT2D eigenvalue weighted by Gasteiger charge is -2.31. The summed E-state index contributed by atoms with van der Waals surface area (Å²) in [4.78, 5) is 40.0. The number of carbonyl (C=O) groups excluding carboxylic acids is 3. The molecule has 1 N–H and O–H groups in total. The number of hydrogen-bond acceptors (Lipinski definition) is 5. The lowest BCUT2D eigenvalue weighted by molar-refractivity contribution is -0.141. The van der Waals surface area contributed by atoms with Gasteiger partial charge in [0.15, 0.2) is 0 Å². The van der Waals surface area contributed by atoms with Gasteiger partial charge in [-0.2, -0.15) is 0 Å². The molecule has 3 rings (SSSR count). The van der Waals surface area contributed by atoms with Gasteiger partial charge in [0.05, 0.1) is 5.56 Å². The van der Waals surface area contributed by atoms with Crippen LogP contribution in [0.4, 0.5) is 0 Å². The van der Waals surface area contributed by atoms with Crippen molar-refractivity contribution in [1.29, 1.82) is 0 Å². The van der Waals surface area contributed by atoms with Gasteiger partial charge in [0.25, 0.3) is 15.9 Å². The van der Waals surface area contributed by atoms with Gasteiger partial charge >= 0.3 is 0 Å². The number of amides is 3. The molecular formula is C23H27N3O5S. The quantitative estimate of drug-likeness (QED) is 0.654. The monoisotopic (exact) mass is 457 g/mol. The van der Waals surface area contributed by atoms with Crippen molar-refractivity contribution in [1.82, 2.24) is 14.5 Å². The third kappa shape index (κ3) is 4.52. The number of sulfonamides is 1. The van der Waals surface area contributed by atoms with Gasteiger partial charge in [-0.15, -0.1) is 0 Å². The lowest BCUT2D eigenvalue weighted by Crippen LogP contribution is -2.52. The molecule has 170 valence electrons. The highest BCUT2D eigenvalue weighted by Gasteiger charge is 2.43. The first-order valence-corrected chi connectivity index (χ1v) is 11.9. The van der Waals surface area contributed by atoms with E-state index in [2.05, 4.69) is 5.32 Å². The Balaban J connectivity index is 1.92. The van der Waals surface area contributed by atoms with Crippen molar-refractivity contribution in [3.05, 3.63) is 65.2 Å². The van der Waals surface area contributed by atoms with E-state index in [-0.39, 0.29) is 22.9 Å². The van der Waals surface area contributed by atoms with E-state index < -0.39 is 34.4 Å². The molecule has 0 spiro atoms. The molecule has 3 amide bonds. The molecule has 1 atom stereocenters. The third-order valence-electron chi connectivity index (χ3n) is 5.40. The summed E-state index contributed by atoms with van der Waals surface area (Å²) in [6, 6.07) is 12.6. The first-order chi connectivity index (χ1) is 15.2. The van der Waals surface area contributed by atoms with E-state index in [0.29, 0.717) is 17.3 Å². The maximum absolute atomic E-state index is 13.4. The molecule has 1 aliphatic heterocycles. The highest BCUT2D eigenvalue weighted by molar-refractivity contribution is 7.90. The van der Waals surface area contributed by atoms with E-state index in [1.54, 1.807) is 19.9 Å². The van der Waals surface area contributed by atoms with Gasteiger partial charge < -0.3 is 10.2 Å². The Morgan fingerprint density at radius 3 is 2.31 bits per heavy atom. The number of carbonyl (C=O) groups is 3. The van der Waals surface area contributed by atoms with Gasteiger partial charge in [-0.05, 0) is 38.0 Å². The molecule has 0 fully saturated rings. The summed E-state index contributed by atoms with van der Waals surface area (Å²) >= 11 is 0. The van der Waals surface area contributed by atoms with Crippen LogP contribution in [0, 0.1) is 6.92 Å². The fourth-order valence-corrected chi connectivity index (χ4v) is 5.22. The second-order valence-corrected chi connectivity index (χ2v) is 9.47. The molecule has 0 radical (unpaired) electrons. The normalized spacial score (nSPS) is 15.2. The summed E-state index contributed by atoms with van der Waals surface area (Å²) in [6.45, 7) is 5.35. The van der Waals surface area contributed by atoms with Crippen molar-refractivity contribution in [2.75, 3.05) is 13.1 Å². The smallest absolute Gasteiger partial charge is 0.269 e. The van der Waals surface area contributed by atoms with Gasteiger partial charge in [-0.25, -0.2) is 12.7 Å². The van der Waals surface area contributed by atoms with E-state index in [1.165, 1.54) is 23.1 Å². The van der Waals surface area contributed by atoms with Gasteiger partial charge in [0.1, 0.15) is 17.5 Å². The summed E-state index contributed by atoms with van der Waals surface area (Å²) in [5, 5.41) is 2.73. The molecule has 2 aromatic carbocycles. The SMILES string of the molecule is CCNC(=O)[C@H](CC)N(Cc1ccc(C)cc1)C(=O)CN1C(=O)c2ccccc2S1(=O)=O. The lowest BCUT2D eigenvalue weighted by atomic mass is 10.1. The van der Waals surface area contributed by atoms with Crippen molar-refractivity contribution >= 4 is 27.7 Å². The van der Waals surface area contributed by atoms with Crippen molar-refractivity contribution in [3.63, 3.8) is 0 Å². The summed E-state index contributed by atoms with van der Waals surface area (Å²) in [6.07, 6.45) is 0.338. The van der Waals surface area contributed by atoms with E-state index in [1.807, 2.05) is 31.2 Å². The molecular weight excluding hydrogens is 430 g/mol. The maximum Gasteiger partial charge on any atom is 0.269 e. The van der Waals surface area contributed by atoms with Crippen molar-refractivity contribution in [2.24, 2.45) is 0 Å². The van der Waals surface area contributed by atoms with Crippen LogP contribution in [0.25, 0.3) is 0 Å². The van der Waals surface area contributed by atoms with Crippen LogP contribution < -0.4 is 5.32 Å². The molecule has 0 bridgehead atoms. The van der Waals surface area contributed by atoms with Crippen LogP contribution >= 0.6 is 0 Å². The Labute approximate surface area is 188 Å². The van der Waals surface area contributed by atoms with Crippen LogP contribution in [0.2, 0.25) is 0 Å². The van der Waals surface area contributed by atoms with Crippen LogP contribution in [-0.2, 0) is 26.2 Å². The number of likely N-dealkylation sites (N-methyl/N-ethyl adjacent to an activating group) is 1. The van der Waals surface area contributed by atoms with Gasteiger partial charge in [0, 0.05) is 13.1 Å². The van der Waals surface area contributed by atoms with Crippen molar-refractivity contribution < 1.29 is 22.8 Å². The predicted octanol–water partition coefficient (Wildman–Crippen LogP) is 2.08. The molecule has 0 aromatic heterocycles. The Hall–Kier alpha value is -3.20. The molecule has 9 heteroatoms.